The van der Waals surface area contributed by atoms with Crippen LogP contribution in [0.3, 0.4) is 0 Å². The van der Waals surface area contributed by atoms with E-state index in [-0.39, 0.29) is 12.5 Å². The SMILES string of the molecule is CN(C)C(=O)CNC(=S)N(C)C. The van der Waals surface area contributed by atoms with Crippen LogP contribution in [0.25, 0.3) is 0 Å². The quantitative estimate of drug-likeness (QED) is 0.595. The summed E-state index contributed by atoms with van der Waals surface area (Å²) in [6.07, 6.45) is 0. The van der Waals surface area contributed by atoms with Crippen LogP contribution in [0.2, 0.25) is 0 Å². The molecular weight excluding hydrogens is 174 g/mol. The maximum Gasteiger partial charge on any atom is 0.241 e. The molecule has 0 radical (unpaired) electrons. The lowest BCUT2D eigenvalue weighted by atomic mass is 10.5. The monoisotopic (exact) mass is 189 g/mol. The molecule has 0 aliphatic rings. The minimum atomic E-state index is 0.0131. The summed E-state index contributed by atoms with van der Waals surface area (Å²) in [4.78, 5) is 14.3. The number of amides is 1. The number of hydrogen-bond donors (Lipinski definition) is 1. The number of carbonyl (C=O) groups is 1. The molecule has 70 valence electrons. The molecule has 0 atom stereocenters. The maximum absolute atomic E-state index is 11.1. The molecule has 4 nitrogen and oxygen atoms in total. The smallest absolute Gasteiger partial charge is 0.241 e. The Labute approximate surface area is 78.5 Å². The van der Waals surface area contributed by atoms with Crippen LogP contribution in [0.5, 0.6) is 0 Å². The number of hydrogen-bond acceptors (Lipinski definition) is 2. The third-order valence-corrected chi connectivity index (χ3v) is 1.81. The highest BCUT2D eigenvalue weighted by atomic mass is 32.1. The first-order valence-electron chi connectivity index (χ1n) is 3.60. The predicted molar refractivity (Wildman–Crippen MR) is 53.0 cm³/mol. The van der Waals surface area contributed by atoms with Gasteiger partial charge in [0, 0.05) is 28.2 Å². The molecule has 0 spiro atoms. The Bertz CT molecular complexity index is 159. The molecule has 5 heteroatoms. The molecule has 0 fully saturated rings. The van der Waals surface area contributed by atoms with E-state index in [1.54, 1.807) is 19.0 Å². The molecule has 0 aromatic rings. The van der Waals surface area contributed by atoms with E-state index in [0.29, 0.717) is 5.11 Å². The van der Waals surface area contributed by atoms with Crippen molar-refractivity contribution >= 4 is 23.2 Å². The molecule has 0 rings (SSSR count). The van der Waals surface area contributed by atoms with Gasteiger partial charge in [-0.25, -0.2) is 0 Å². The summed E-state index contributed by atoms with van der Waals surface area (Å²) >= 11 is 4.93. The highest BCUT2D eigenvalue weighted by molar-refractivity contribution is 7.80. The molecule has 0 aliphatic carbocycles. The first-order chi connectivity index (χ1) is 5.45. The zero-order chi connectivity index (χ0) is 9.72. The van der Waals surface area contributed by atoms with Crippen molar-refractivity contribution in [3.63, 3.8) is 0 Å². The first-order valence-corrected chi connectivity index (χ1v) is 4.01. The number of carbonyl (C=O) groups excluding carboxylic acids is 1. The van der Waals surface area contributed by atoms with Crippen LogP contribution in [0, 0.1) is 0 Å². The van der Waals surface area contributed by atoms with Crippen molar-refractivity contribution in [3.05, 3.63) is 0 Å². The molecular formula is C7H15N3OS. The van der Waals surface area contributed by atoms with Gasteiger partial charge in [-0.1, -0.05) is 0 Å². The van der Waals surface area contributed by atoms with Gasteiger partial charge in [0.25, 0.3) is 0 Å². The zero-order valence-electron chi connectivity index (χ0n) is 7.92. The predicted octanol–water partition coefficient (Wildman–Crippen LogP) is -0.489. The van der Waals surface area contributed by atoms with Crippen LogP contribution in [0.4, 0.5) is 0 Å². The van der Waals surface area contributed by atoms with Gasteiger partial charge >= 0.3 is 0 Å². The number of thiocarbonyl (C=S) groups is 1. The van der Waals surface area contributed by atoms with Crippen molar-refractivity contribution in [3.8, 4) is 0 Å². The molecule has 0 saturated carbocycles. The van der Waals surface area contributed by atoms with Crippen LogP contribution in [-0.2, 0) is 4.79 Å². The lowest BCUT2D eigenvalue weighted by Crippen LogP contribution is -2.40. The van der Waals surface area contributed by atoms with E-state index in [2.05, 4.69) is 5.32 Å². The van der Waals surface area contributed by atoms with Gasteiger partial charge in [0.2, 0.25) is 5.91 Å². The van der Waals surface area contributed by atoms with Gasteiger partial charge < -0.3 is 15.1 Å². The molecule has 0 bridgehead atoms. The molecule has 1 amide bonds. The third-order valence-electron chi connectivity index (χ3n) is 1.30. The summed E-state index contributed by atoms with van der Waals surface area (Å²) in [7, 11) is 7.08. The van der Waals surface area contributed by atoms with Gasteiger partial charge in [0.05, 0.1) is 6.54 Å². The summed E-state index contributed by atoms with van der Waals surface area (Å²) in [5.74, 6) is 0.0131. The average Bonchev–Trinajstić information content (AvgIpc) is 1.98. The Morgan fingerprint density at radius 1 is 1.25 bits per heavy atom. The van der Waals surface area contributed by atoms with E-state index in [4.69, 9.17) is 12.2 Å². The summed E-state index contributed by atoms with van der Waals surface area (Å²) in [6, 6.07) is 0. The largest absolute Gasteiger partial charge is 0.355 e. The Morgan fingerprint density at radius 3 is 2.08 bits per heavy atom. The zero-order valence-corrected chi connectivity index (χ0v) is 8.73. The second-order valence-corrected chi connectivity index (χ2v) is 3.23. The number of likely N-dealkylation sites (N-methyl/N-ethyl adjacent to an activating group) is 1. The van der Waals surface area contributed by atoms with Crippen molar-refractivity contribution < 1.29 is 4.79 Å². The second-order valence-electron chi connectivity index (χ2n) is 2.84. The third kappa shape index (κ3) is 4.12. The van der Waals surface area contributed by atoms with Gasteiger partial charge in [-0.3, -0.25) is 4.79 Å². The van der Waals surface area contributed by atoms with E-state index in [0.717, 1.165) is 0 Å². The van der Waals surface area contributed by atoms with Crippen molar-refractivity contribution in [2.24, 2.45) is 0 Å². The molecule has 0 unspecified atom stereocenters. The van der Waals surface area contributed by atoms with Crippen molar-refractivity contribution in [1.82, 2.24) is 15.1 Å². The average molecular weight is 189 g/mol. The number of nitrogens with zero attached hydrogens (tertiary/aromatic N) is 2. The summed E-state index contributed by atoms with van der Waals surface area (Å²) in [6.45, 7) is 0.254. The lowest BCUT2D eigenvalue weighted by molar-refractivity contribution is -0.127. The topological polar surface area (TPSA) is 35.6 Å². The van der Waals surface area contributed by atoms with E-state index in [1.165, 1.54) is 4.90 Å². The minimum absolute atomic E-state index is 0.0131. The Hall–Kier alpha value is -0.840. The van der Waals surface area contributed by atoms with Crippen LogP contribution >= 0.6 is 12.2 Å². The Balaban J connectivity index is 3.69. The van der Waals surface area contributed by atoms with Crippen LogP contribution in [0.15, 0.2) is 0 Å². The van der Waals surface area contributed by atoms with E-state index < -0.39 is 0 Å². The van der Waals surface area contributed by atoms with Crippen molar-refractivity contribution in [2.75, 3.05) is 34.7 Å². The van der Waals surface area contributed by atoms with Gasteiger partial charge in [-0.05, 0) is 12.2 Å². The normalized spacial score (nSPS) is 9.00. The summed E-state index contributed by atoms with van der Waals surface area (Å²) in [5, 5.41) is 3.40. The molecule has 0 aromatic carbocycles. The fourth-order valence-electron chi connectivity index (χ4n) is 0.467. The van der Waals surface area contributed by atoms with E-state index >= 15 is 0 Å². The molecule has 0 heterocycles. The molecule has 0 aliphatic heterocycles. The molecule has 0 saturated heterocycles. The molecule has 1 N–H and O–H groups in total. The van der Waals surface area contributed by atoms with Gasteiger partial charge in [0.15, 0.2) is 5.11 Å². The van der Waals surface area contributed by atoms with Crippen LogP contribution in [-0.4, -0.2) is 55.6 Å². The van der Waals surface area contributed by atoms with Gasteiger partial charge in [0.1, 0.15) is 0 Å². The highest BCUT2D eigenvalue weighted by Gasteiger charge is 2.04. The molecule has 0 aromatic heterocycles. The summed E-state index contributed by atoms with van der Waals surface area (Å²) in [5.41, 5.74) is 0. The first kappa shape index (κ1) is 11.2. The second kappa shape index (κ2) is 4.92. The van der Waals surface area contributed by atoms with E-state index in [1.807, 2.05) is 14.1 Å². The van der Waals surface area contributed by atoms with Crippen molar-refractivity contribution in [2.45, 2.75) is 0 Å². The van der Waals surface area contributed by atoms with Crippen molar-refractivity contribution in [1.29, 1.82) is 0 Å². The Morgan fingerprint density at radius 2 is 1.75 bits per heavy atom. The minimum Gasteiger partial charge on any atom is -0.355 e. The van der Waals surface area contributed by atoms with Crippen LogP contribution in [0.1, 0.15) is 0 Å². The highest BCUT2D eigenvalue weighted by Crippen LogP contribution is 1.80. The standard InChI is InChI=1S/C7H15N3OS/c1-9(2)6(11)5-8-7(12)10(3)4/h5H2,1-4H3,(H,8,12). The molecule has 12 heavy (non-hydrogen) atoms. The van der Waals surface area contributed by atoms with Gasteiger partial charge in [-0.15, -0.1) is 0 Å². The number of nitrogens with one attached hydrogen (secondary N) is 1. The summed E-state index contributed by atoms with van der Waals surface area (Å²) < 4.78 is 0. The Kier molecular flexibility index (Phi) is 4.58. The maximum atomic E-state index is 11.1. The van der Waals surface area contributed by atoms with Gasteiger partial charge in [-0.2, -0.15) is 0 Å². The number of rotatable bonds is 2. The fourth-order valence-corrected chi connectivity index (χ4v) is 0.540. The van der Waals surface area contributed by atoms with E-state index in [9.17, 15) is 4.79 Å². The lowest BCUT2D eigenvalue weighted by Gasteiger charge is -2.16. The van der Waals surface area contributed by atoms with Crippen LogP contribution < -0.4 is 5.32 Å². The fraction of sp³-hybridized carbons (Fsp3) is 0.714.